The number of carbonyl (C=O) groups is 1. The predicted octanol–water partition coefficient (Wildman–Crippen LogP) is 5.09. The minimum atomic E-state index is 0. The molecule has 118 valence electrons. The van der Waals surface area contributed by atoms with E-state index in [0.717, 1.165) is 13.0 Å². The van der Waals surface area contributed by atoms with Crippen molar-refractivity contribution in [1.29, 1.82) is 0 Å². The molecular formula is C15H40BNOY-. The van der Waals surface area contributed by atoms with E-state index in [1.807, 2.05) is 69.2 Å². The molecule has 1 N–H and O–H groups in total. The maximum Gasteiger partial charge on any atom is 0.219 e. The first-order valence-corrected chi connectivity index (χ1v) is 7.08. The van der Waals surface area contributed by atoms with Gasteiger partial charge in [0.2, 0.25) is 5.91 Å². The van der Waals surface area contributed by atoms with Gasteiger partial charge in [-0.25, -0.2) is 0 Å². The third-order valence-corrected chi connectivity index (χ3v) is 0.851. The molecule has 0 spiro atoms. The van der Waals surface area contributed by atoms with Gasteiger partial charge in [-0.05, 0) is 13.3 Å². The Kier molecular flexibility index (Phi) is 263. The second-order valence-electron chi connectivity index (χ2n) is 1.70. The van der Waals surface area contributed by atoms with Crippen molar-refractivity contribution in [2.24, 2.45) is 0 Å². The average Bonchev–Trinajstić information content (AvgIpc) is 2.40. The van der Waals surface area contributed by atoms with Crippen molar-refractivity contribution < 1.29 is 37.5 Å². The summed E-state index contributed by atoms with van der Waals surface area (Å²) >= 11 is 0. The van der Waals surface area contributed by atoms with Crippen LogP contribution in [0, 0.1) is 7.43 Å². The summed E-state index contributed by atoms with van der Waals surface area (Å²) in [6.07, 6.45) is 1.60. The number of amides is 1. The van der Waals surface area contributed by atoms with Crippen LogP contribution in [0.5, 0.6) is 0 Å². The molecular weight excluding hydrogens is 310 g/mol. The van der Waals surface area contributed by atoms with Gasteiger partial charge in [-0.1, -0.05) is 62.3 Å². The standard InChI is InChI=1S/C6H13NO.4C2H6.CH3.B.Y/c1-3-5-6(8)7-4-2;4*1-2;;;/h3-5H2,1-2H3,(H,7,8);4*1-2H3;1H3;;/q;;;;;-1;;. The van der Waals surface area contributed by atoms with Gasteiger partial charge in [0, 0.05) is 54.1 Å². The molecule has 0 aliphatic rings. The molecule has 0 bridgehead atoms. The van der Waals surface area contributed by atoms with E-state index in [-0.39, 0.29) is 54.5 Å². The van der Waals surface area contributed by atoms with Crippen LogP contribution in [0.2, 0.25) is 0 Å². The zero-order valence-corrected chi connectivity index (χ0v) is 18.5. The molecule has 2 nitrogen and oxygen atoms in total. The molecule has 0 aromatic carbocycles. The third kappa shape index (κ3) is 117. The molecule has 4 radical (unpaired) electrons. The Bertz CT molecular complexity index is 76.5. The van der Waals surface area contributed by atoms with Crippen LogP contribution in [0.1, 0.15) is 82.1 Å². The van der Waals surface area contributed by atoms with Crippen molar-refractivity contribution in [3.63, 3.8) is 0 Å². The van der Waals surface area contributed by atoms with Crippen LogP contribution in [-0.2, 0) is 37.5 Å². The zero-order valence-electron chi connectivity index (χ0n) is 15.7. The van der Waals surface area contributed by atoms with E-state index in [4.69, 9.17) is 0 Å². The topological polar surface area (TPSA) is 29.1 Å². The van der Waals surface area contributed by atoms with E-state index in [0.29, 0.717) is 6.42 Å². The monoisotopic (exact) mass is 350 g/mol. The van der Waals surface area contributed by atoms with E-state index >= 15 is 0 Å². The average molecular weight is 350 g/mol. The first kappa shape index (κ1) is 50.4. The Hall–Kier alpha value is 0.639. The van der Waals surface area contributed by atoms with Crippen LogP contribution in [-0.4, -0.2) is 20.9 Å². The van der Waals surface area contributed by atoms with Gasteiger partial charge in [-0.15, -0.1) is 0 Å². The molecule has 0 fully saturated rings. The van der Waals surface area contributed by atoms with E-state index in [2.05, 4.69) is 5.32 Å². The van der Waals surface area contributed by atoms with Gasteiger partial charge in [0.1, 0.15) is 0 Å². The van der Waals surface area contributed by atoms with Crippen LogP contribution in [0.3, 0.4) is 0 Å². The molecule has 19 heavy (non-hydrogen) atoms. The van der Waals surface area contributed by atoms with Crippen LogP contribution in [0.25, 0.3) is 0 Å². The van der Waals surface area contributed by atoms with Gasteiger partial charge in [-0.2, -0.15) is 0 Å². The molecule has 0 rings (SSSR count). The SMILES string of the molecule is CC.CC.CC.CC.CCCC(=O)NCC.[B].[CH3-].[Y]. The third-order valence-electron chi connectivity index (χ3n) is 0.851. The van der Waals surface area contributed by atoms with Gasteiger partial charge >= 0.3 is 0 Å². The number of rotatable bonds is 3. The minimum Gasteiger partial charge on any atom is -0.358 e. The predicted molar refractivity (Wildman–Crippen MR) is 91.2 cm³/mol. The van der Waals surface area contributed by atoms with Crippen molar-refractivity contribution in [2.75, 3.05) is 6.54 Å². The molecule has 0 unspecified atom stereocenters. The first-order valence-electron chi connectivity index (χ1n) is 7.08. The summed E-state index contributed by atoms with van der Waals surface area (Å²) in [4.78, 5) is 10.5. The first-order chi connectivity index (χ1) is 7.81. The smallest absolute Gasteiger partial charge is 0.219 e. The van der Waals surface area contributed by atoms with Crippen LogP contribution >= 0.6 is 0 Å². The van der Waals surface area contributed by atoms with Crippen LogP contribution in [0.4, 0.5) is 0 Å². The number of hydrogen-bond donors (Lipinski definition) is 1. The van der Waals surface area contributed by atoms with Crippen molar-refractivity contribution in [3.8, 4) is 0 Å². The van der Waals surface area contributed by atoms with Crippen molar-refractivity contribution in [1.82, 2.24) is 5.32 Å². The van der Waals surface area contributed by atoms with Crippen molar-refractivity contribution in [2.45, 2.75) is 82.1 Å². The van der Waals surface area contributed by atoms with E-state index in [1.165, 1.54) is 0 Å². The second-order valence-corrected chi connectivity index (χ2v) is 1.70. The van der Waals surface area contributed by atoms with Gasteiger partial charge < -0.3 is 12.7 Å². The second kappa shape index (κ2) is 99.4. The Labute approximate surface area is 152 Å². The molecule has 0 aromatic heterocycles. The Morgan fingerprint density at radius 2 is 1.11 bits per heavy atom. The van der Waals surface area contributed by atoms with Crippen LogP contribution in [0.15, 0.2) is 0 Å². The molecule has 0 saturated heterocycles. The van der Waals surface area contributed by atoms with E-state index in [1.54, 1.807) is 0 Å². The van der Waals surface area contributed by atoms with Gasteiger partial charge in [0.15, 0.2) is 0 Å². The number of hydrogen-bond acceptors (Lipinski definition) is 1. The van der Waals surface area contributed by atoms with Gasteiger partial charge in [-0.3, -0.25) is 4.79 Å². The molecule has 0 aliphatic heterocycles. The fraction of sp³-hybridized carbons (Fsp3) is 0.867. The Morgan fingerprint density at radius 3 is 1.26 bits per heavy atom. The molecule has 0 aromatic rings. The number of carbonyl (C=O) groups excluding carboxylic acids is 1. The van der Waals surface area contributed by atoms with E-state index in [9.17, 15) is 4.79 Å². The molecule has 0 atom stereocenters. The maximum absolute atomic E-state index is 10.5. The summed E-state index contributed by atoms with van der Waals surface area (Å²) < 4.78 is 0. The normalized spacial score (nSPS) is 4.95. The maximum atomic E-state index is 10.5. The summed E-state index contributed by atoms with van der Waals surface area (Å²) in [7, 11) is 0. The summed E-state index contributed by atoms with van der Waals surface area (Å²) in [6.45, 7) is 20.7. The van der Waals surface area contributed by atoms with Gasteiger partial charge in [0.05, 0.1) is 0 Å². The molecule has 0 aliphatic carbocycles. The largest absolute Gasteiger partial charge is 0.358 e. The fourth-order valence-electron chi connectivity index (χ4n) is 0.513. The number of nitrogens with one attached hydrogen (secondary N) is 1. The molecule has 4 heteroatoms. The molecule has 0 saturated carbocycles. The summed E-state index contributed by atoms with van der Waals surface area (Å²) in [5.74, 6) is 0.162. The summed E-state index contributed by atoms with van der Waals surface area (Å²) in [6, 6.07) is 0. The zero-order chi connectivity index (χ0) is 14.4. The van der Waals surface area contributed by atoms with Crippen molar-refractivity contribution >= 4 is 14.3 Å². The van der Waals surface area contributed by atoms with Crippen LogP contribution < -0.4 is 5.32 Å². The van der Waals surface area contributed by atoms with Crippen molar-refractivity contribution in [3.05, 3.63) is 7.43 Å². The molecule has 1 amide bonds. The quantitative estimate of drug-likeness (QED) is 0.557. The fourth-order valence-corrected chi connectivity index (χ4v) is 0.513. The Morgan fingerprint density at radius 1 is 0.842 bits per heavy atom. The Balaban J connectivity index is -0.0000000160. The summed E-state index contributed by atoms with van der Waals surface area (Å²) in [5, 5.41) is 2.71. The van der Waals surface area contributed by atoms with E-state index < -0.39 is 0 Å². The minimum absolute atomic E-state index is 0. The van der Waals surface area contributed by atoms with Gasteiger partial charge in [0.25, 0.3) is 0 Å². The summed E-state index contributed by atoms with van der Waals surface area (Å²) in [5.41, 5.74) is 0. The molecule has 0 heterocycles.